The molecule has 8 nitrogen and oxygen atoms in total. The summed E-state index contributed by atoms with van der Waals surface area (Å²) in [6.07, 6.45) is -0.0599. The predicted octanol–water partition coefficient (Wildman–Crippen LogP) is 2.09. The number of aryl methyl sites for hydroxylation is 3. The number of hydrogen-bond donors (Lipinski definition) is 3. The Labute approximate surface area is 179 Å². The second kappa shape index (κ2) is 11.1. The molecular weight excluding hydrogens is 406 g/mol. The number of amides is 3. The standard InChI is InChI=1S/C21H25N3O5S/c1-13-8-14(2)20(15(3)9-13)24-17(25)10-23-18(26)11-29-19(27)4-6-22-21(28)16-5-7-30-12-16/h5,7-9,12H,4,6,10-11H2,1-3H3,(H,22,28)(H,23,26)(H,24,25). The maximum atomic E-state index is 12.1. The van der Waals surface area contributed by atoms with E-state index in [4.69, 9.17) is 4.74 Å². The summed E-state index contributed by atoms with van der Waals surface area (Å²) in [6, 6.07) is 5.60. The molecule has 1 aromatic heterocycles. The number of rotatable bonds is 9. The lowest BCUT2D eigenvalue weighted by Crippen LogP contribution is -2.36. The molecule has 0 saturated heterocycles. The molecule has 3 N–H and O–H groups in total. The SMILES string of the molecule is Cc1cc(C)c(NC(=O)CNC(=O)COC(=O)CCNC(=O)c2ccsc2)c(C)c1. The average molecular weight is 432 g/mol. The molecule has 0 aliphatic carbocycles. The van der Waals surface area contributed by atoms with Crippen molar-refractivity contribution in [3.05, 3.63) is 51.2 Å². The number of nitrogens with one attached hydrogen (secondary N) is 3. The highest BCUT2D eigenvalue weighted by atomic mass is 32.1. The third-order valence-electron chi connectivity index (χ3n) is 4.15. The van der Waals surface area contributed by atoms with E-state index >= 15 is 0 Å². The van der Waals surface area contributed by atoms with Gasteiger partial charge in [0.25, 0.3) is 11.8 Å². The van der Waals surface area contributed by atoms with Gasteiger partial charge >= 0.3 is 5.97 Å². The van der Waals surface area contributed by atoms with E-state index in [-0.39, 0.29) is 31.3 Å². The fourth-order valence-electron chi connectivity index (χ4n) is 2.78. The van der Waals surface area contributed by atoms with Gasteiger partial charge in [0.05, 0.1) is 13.0 Å². The molecule has 3 amide bonds. The Bertz CT molecular complexity index is 902. The van der Waals surface area contributed by atoms with Crippen molar-refractivity contribution in [1.82, 2.24) is 10.6 Å². The van der Waals surface area contributed by atoms with E-state index < -0.39 is 18.5 Å². The Hall–Kier alpha value is -3.20. The molecular formula is C21H25N3O5S. The Morgan fingerprint density at radius 2 is 1.70 bits per heavy atom. The van der Waals surface area contributed by atoms with Gasteiger partial charge in [-0.3, -0.25) is 19.2 Å². The summed E-state index contributed by atoms with van der Waals surface area (Å²) < 4.78 is 4.85. The van der Waals surface area contributed by atoms with Gasteiger partial charge in [0.1, 0.15) is 0 Å². The van der Waals surface area contributed by atoms with Crippen molar-refractivity contribution in [2.45, 2.75) is 27.2 Å². The zero-order valence-corrected chi connectivity index (χ0v) is 18.0. The molecule has 1 heterocycles. The molecule has 0 aliphatic heterocycles. The normalized spacial score (nSPS) is 10.2. The van der Waals surface area contributed by atoms with Crippen LogP contribution in [-0.4, -0.2) is 43.4 Å². The number of carbonyl (C=O) groups excluding carboxylic acids is 4. The summed E-state index contributed by atoms with van der Waals surface area (Å²) in [5.74, 6) is -1.85. The summed E-state index contributed by atoms with van der Waals surface area (Å²) in [6.45, 7) is 5.15. The summed E-state index contributed by atoms with van der Waals surface area (Å²) in [5, 5.41) is 11.3. The Morgan fingerprint density at radius 1 is 1.00 bits per heavy atom. The van der Waals surface area contributed by atoms with Crippen LogP contribution in [0.2, 0.25) is 0 Å². The van der Waals surface area contributed by atoms with Crippen molar-refractivity contribution in [3.63, 3.8) is 0 Å². The molecule has 0 spiro atoms. The first-order valence-corrected chi connectivity index (χ1v) is 10.3. The van der Waals surface area contributed by atoms with Crippen LogP contribution in [0.25, 0.3) is 0 Å². The second-order valence-corrected chi connectivity index (χ2v) is 7.56. The van der Waals surface area contributed by atoms with Crippen LogP contribution in [0, 0.1) is 20.8 Å². The first-order chi connectivity index (χ1) is 14.3. The molecule has 30 heavy (non-hydrogen) atoms. The first kappa shape index (κ1) is 23.1. The van der Waals surface area contributed by atoms with Gasteiger partial charge in [0.15, 0.2) is 6.61 Å². The minimum absolute atomic E-state index is 0.0599. The van der Waals surface area contributed by atoms with Crippen LogP contribution in [0.5, 0.6) is 0 Å². The van der Waals surface area contributed by atoms with Crippen molar-refractivity contribution >= 4 is 40.7 Å². The van der Waals surface area contributed by atoms with Gasteiger partial charge in [-0.05, 0) is 43.3 Å². The molecule has 0 aliphatic rings. The number of carbonyl (C=O) groups is 4. The van der Waals surface area contributed by atoms with E-state index in [1.165, 1.54) is 11.3 Å². The number of anilines is 1. The van der Waals surface area contributed by atoms with Crippen molar-refractivity contribution in [2.75, 3.05) is 25.0 Å². The van der Waals surface area contributed by atoms with E-state index in [0.717, 1.165) is 22.4 Å². The molecule has 0 fully saturated rings. The largest absolute Gasteiger partial charge is 0.456 e. The van der Waals surface area contributed by atoms with E-state index in [1.54, 1.807) is 16.8 Å². The molecule has 0 bridgehead atoms. The minimum Gasteiger partial charge on any atom is -0.456 e. The molecule has 1 aromatic carbocycles. The summed E-state index contributed by atoms with van der Waals surface area (Å²) >= 11 is 1.40. The topological polar surface area (TPSA) is 114 Å². The lowest BCUT2D eigenvalue weighted by Gasteiger charge is -2.13. The maximum Gasteiger partial charge on any atom is 0.308 e. The molecule has 0 saturated carbocycles. The lowest BCUT2D eigenvalue weighted by molar-refractivity contribution is -0.148. The Balaban J connectivity index is 1.64. The number of hydrogen-bond acceptors (Lipinski definition) is 6. The van der Waals surface area contributed by atoms with Crippen LogP contribution in [-0.2, 0) is 19.1 Å². The monoisotopic (exact) mass is 431 g/mol. The number of ether oxygens (including phenoxy) is 1. The first-order valence-electron chi connectivity index (χ1n) is 9.36. The molecule has 0 atom stereocenters. The number of esters is 1. The van der Waals surface area contributed by atoms with E-state index in [0.29, 0.717) is 5.56 Å². The Morgan fingerprint density at radius 3 is 2.33 bits per heavy atom. The summed E-state index contributed by atoms with van der Waals surface area (Å²) in [4.78, 5) is 47.3. The van der Waals surface area contributed by atoms with Crippen molar-refractivity contribution < 1.29 is 23.9 Å². The minimum atomic E-state index is -0.619. The third kappa shape index (κ3) is 7.32. The van der Waals surface area contributed by atoms with Crippen molar-refractivity contribution in [1.29, 1.82) is 0 Å². The average Bonchev–Trinajstić information content (AvgIpc) is 3.22. The smallest absolute Gasteiger partial charge is 0.308 e. The summed E-state index contributed by atoms with van der Waals surface area (Å²) in [7, 11) is 0. The number of thiophene rings is 1. The van der Waals surface area contributed by atoms with Crippen molar-refractivity contribution in [3.8, 4) is 0 Å². The zero-order chi connectivity index (χ0) is 22.1. The third-order valence-corrected chi connectivity index (χ3v) is 4.83. The van der Waals surface area contributed by atoms with Gasteiger partial charge in [-0.2, -0.15) is 11.3 Å². The van der Waals surface area contributed by atoms with Gasteiger partial charge in [-0.15, -0.1) is 0 Å². The zero-order valence-electron chi connectivity index (χ0n) is 17.2. The fraction of sp³-hybridized carbons (Fsp3) is 0.333. The molecule has 0 radical (unpaired) electrons. The highest BCUT2D eigenvalue weighted by molar-refractivity contribution is 7.08. The van der Waals surface area contributed by atoms with Crippen LogP contribution in [0.3, 0.4) is 0 Å². The van der Waals surface area contributed by atoms with Crippen LogP contribution in [0.1, 0.15) is 33.5 Å². The Kier molecular flexibility index (Phi) is 8.54. The fourth-order valence-corrected chi connectivity index (χ4v) is 3.42. The van der Waals surface area contributed by atoms with Crippen LogP contribution in [0.4, 0.5) is 5.69 Å². The van der Waals surface area contributed by atoms with Crippen LogP contribution < -0.4 is 16.0 Å². The highest BCUT2D eigenvalue weighted by Gasteiger charge is 2.12. The van der Waals surface area contributed by atoms with E-state index in [1.807, 2.05) is 32.9 Å². The van der Waals surface area contributed by atoms with Gasteiger partial charge < -0.3 is 20.7 Å². The maximum absolute atomic E-state index is 12.1. The van der Waals surface area contributed by atoms with Crippen LogP contribution >= 0.6 is 11.3 Å². The quantitative estimate of drug-likeness (QED) is 0.526. The molecule has 2 aromatic rings. The van der Waals surface area contributed by atoms with Gasteiger partial charge in [0.2, 0.25) is 5.91 Å². The molecule has 2 rings (SSSR count). The summed E-state index contributed by atoms with van der Waals surface area (Å²) in [5.41, 5.74) is 4.22. The highest BCUT2D eigenvalue weighted by Crippen LogP contribution is 2.21. The van der Waals surface area contributed by atoms with Crippen LogP contribution in [0.15, 0.2) is 29.0 Å². The van der Waals surface area contributed by atoms with Gasteiger partial charge in [-0.25, -0.2) is 0 Å². The van der Waals surface area contributed by atoms with E-state index in [2.05, 4.69) is 16.0 Å². The number of benzene rings is 1. The molecule has 9 heteroatoms. The van der Waals surface area contributed by atoms with Gasteiger partial charge in [0, 0.05) is 23.2 Å². The van der Waals surface area contributed by atoms with E-state index in [9.17, 15) is 19.2 Å². The van der Waals surface area contributed by atoms with Crippen molar-refractivity contribution in [2.24, 2.45) is 0 Å². The van der Waals surface area contributed by atoms with Gasteiger partial charge in [-0.1, -0.05) is 17.7 Å². The predicted molar refractivity (Wildman–Crippen MR) is 115 cm³/mol. The molecule has 160 valence electrons. The lowest BCUT2D eigenvalue weighted by atomic mass is 10.1. The molecule has 0 unspecified atom stereocenters. The second-order valence-electron chi connectivity index (χ2n) is 6.78.